The molecule has 1 N–H and O–H groups in total. The minimum atomic E-state index is -4.26. The SMILES string of the molecule is COc1ccc(N(CC(=O)N(Cc2cccc(Cl)c2)[C@@H](Cc2ccccc2)C(=O)NC(C)C)S(=O)(=O)c2ccccc2)cc1OC. The number of nitrogens with zero attached hydrogens (tertiary/aromatic N) is 2. The van der Waals surface area contributed by atoms with E-state index in [0.717, 1.165) is 9.87 Å². The Morgan fingerprint density at radius 2 is 1.43 bits per heavy atom. The van der Waals surface area contributed by atoms with Crippen molar-refractivity contribution in [2.75, 3.05) is 25.1 Å². The van der Waals surface area contributed by atoms with Crippen molar-refractivity contribution < 1.29 is 27.5 Å². The van der Waals surface area contributed by atoms with Crippen LogP contribution in [0.5, 0.6) is 11.5 Å². The third-order valence-electron chi connectivity index (χ3n) is 7.21. The van der Waals surface area contributed by atoms with E-state index in [1.165, 1.54) is 37.3 Å². The number of methoxy groups -OCH3 is 2. The van der Waals surface area contributed by atoms with Crippen LogP contribution in [0.4, 0.5) is 5.69 Å². The first-order valence-corrected chi connectivity index (χ1v) is 16.5. The van der Waals surface area contributed by atoms with Crippen LogP contribution in [0, 0.1) is 0 Å². The van der Waals surface area contributed by atoms with Gasteiger partial charge in [-0.2, -0.15) is 0 Å². The van der Waals surface area contributed by atoms with Crippen molar-refractivity contribution in [1.29, 1.82) is 0 Å². The zero-order chi connectivity index (χ0) is 33.3. The van der Waals surface area contributed by atoms with Crippen molar-refractivity contribution in [3.8, 4) is 11.5 Å². The average molecular weight is 664 g/mol. The van der Waals surface area contributed by atoms with Crippen LogP contribution in [0.25, 0.3) is 0 Å². The van der Waals surface area contributed by atoms with Crippen molar-refractivity contribution in [2.24, 2.45) is 0 Å². The van der Waals surface area contributed by atoms with Crippen LogP contribution >= 0.6 is 11.6 Å². The number of carbonyl (C=O) groups excluding carboxylic acids is 2. The Balaban J connectivity index is 1.84. The highest BCUT2D eigenvalue weighted by Gasteiger charge is 2.35. The number of sulfonamides is 1. The van der Waals surface area contributed by atoms with E-state index in [1.807, 2.05) is 44.2 Å². The molecule has 0 spiro atoms. The fourth-order valence-corrected chi connectivity index (χ4v) is 6.64. The summed E-state index contributed by atoms with van der Waals surface area (Å²) >= 11 is 6.30. The molecule has 0 aromatic heterocycles. The zero-order valence-corrected chi connectivity index (χ0v) is 27.8. The van der Waals surface area contributed by atoms with Gasteiger partial charge in [0.15, 0.2) is 11.5 Å². The number of carbonyl (C=O) groups is 2. The van der Waals surface area contributed by atoms with Gasteiger partial charge < -0.3 is 19.7 Å². The predicted molar refractivity (Wildman–Crippen MR) is 180 cm³/mol. The average Bonchev–Trinajstić information content (AvgIpc) is 3.05. The van der Waals surface area contributed by atoms with Crippen LogP contribution < -0.4 is 19.1 Å². The minimum Gasteiger partial charge on any atom is -0.493 e. The molecule has 0 aliphatic heterocycles. The van der Waals surface area contributed by atoms with Gasteiger partial charge in [-0.25, -0.2) is 8.42 Å². The van der Waals surface area contributed by atoms with Gasteiger partial charge in [-0.05, 0) is 61.4 Å². The second kappa shape index (κ2) is 15.6. The van der Waals surface area contributed by atoms with Crippen molar-refractivity contribution in [1.82, 2.24) is 10.2 Å². The number of rotatable bonds is 14. The number of nitrogens with one attached hydrogen (secondary N) is 1. The third kappa shape index (κ3) is 8.58. The normalized spacial score (nSPS) is 11.9. The van der Waals surface area contributed by atoms with Gasteiger partial charge in [0.1, 0.15) is 12.6 Å². The molecule has 0 aliphatic rings. The molecule has 4 rings (SSSR count). The first-order chi connectivity index (χ1) is 22.0. The summed E-state index contributed by atoms with van der Waals surface area (Å²) in [4.78, 5) is 29.8. The van der Waals surface area contributed by atoms with E-state index in [9.17, 15) is 18.0 Å². The highest BCUT2D eigenvalue weighted by Crippen LogP contribution is 2.34. The Morgan fingerprint density at radius 1 is 0.804 bits per heavy atom. The fraction of sp³-hybridized carbons (Fsp3) is 0.257. The maximum atomic E-state index is 14.5. The summed E-state index contributed by atoms with van der Waals surface area (Å²) in [5.74, 6) is -0.271. The smallest absolute Gasteiger partial charge is 0.264 e. The molecular formula is C35H38ClN3O6S. The van der Waals surface area contributed by atoms with E-state index in [-0.39, 0.29) is 41.2 Å². The molecule has 1 atom stereocenters. The number of ether oxygens (including phenoxy) is 2. The molecule has 0 aliphatic carbocycles. The largest absolute Gasteiger partial charge is 0.493 e. The van der Waals surface area contributed by atoms with Gasteiger partial charge in [0.2, 0.25) is 11.8 Å². The Kier molecular flexibility index (Phi) is 11.7. The van der Waals surface area contributed by atoms with E-state index in [0.29, 0.717) is 16.3 Å². The van der Waals surface area contributed by atoms with Gasteiger partial charge in [0.05, 0.1) is 24.8 Å². The second-order valence-electron chi connectivity index (χ2n) is 10.9. The first-order valence-electron chi connectivity index (χ1n) is 14.7. The summed E-state index contributed by atoms with van der Waals surface area (Å²) in [5.41, 5.74) is 1.70. The Labute approximate surface area is 275 Å². The number of benzene rings is 4. The van der Waals surface area contributed by atoms with Gasteiger partial charge in [0.25, 0.3) is 10.0 Å². The molecule has 242 valence electrons. The van der Waals surface area contributed by atoms with Gasteiger partial charge in [0, 0.05) is 30.1 Å². The summed E-state index contributed by atoms with van der Waals surface area (Å²) in [7, 11) is -1.35. The van der Waals surface area contributed by atoms with Gasteiger partial charge >= 0.3 is 0 Å². The van der Waals surface area contributed by atoms with E-state index in [4.69, 9.17) is 21.1 Å². The molecule has 4 aromatic carbocycles. The van der Waals surface area contributed by atoms with Crippen molar-refractivity contribution in [3.63, 3.8) is 0 Å². The van der Waals surface area contributed by atoms with E-state index in [1.54, 1.807) is 54.6 Å². The number of hydrogen-bond acceptors (Lipinski definition) is 6. The van der Waals surface area contributed by atoms with Gasteiger partial charge in [-0.15, -0.1) is 0 Å². The van der Waals surface area contributed by atoms with E-state index >= 15 is 0 Å². The number of halogens is 1. The topological polar surface area (TPSA) is 105 Å². The van der Waals surface area contributed by atoms with Crippen LogP contribution in [-0.2, 0) is 32.6 Å². The minimum absolute atomic E-state index is 0.00244. The Bertz CT molecular complexity index is 1740. The number of amides is 2. The third-order valence-corrected chi connectivity index (χ3v) is 9.23. The first kappa shape index (κ1) is 34.3. The molecule has 0 radical (unpaired) electrons. The second-order valence-corrected chi connectivity index (χ2v) is 13.2. The standard InChI is InChI=1S/C35H38ClN3O6S/c1-25(2)37-35(41)31(21-26-12-7-5-8-13-26)38(23-27-14-11-15-28(36)20-27)34(40)24-39(46(42,43)30-16-9-6-10-17-30)29-18-19-32(44-3)33(22-29)45-4/h5-20,22,25,31H,21,23-24H2,1-4H3,(H,37,41)/t31-/m0/s1. The lowest BCUT2D eigenvalue weighted by atomic mass is 10.0. The summed E-state index contributed by atoms with van der Waals surface area (Å²) in [6.07, 6.45) is 0.202. The fourth-order valence-electron chi connectivity index (χ4n) is 5.00. The van der Waals surface area contributed by atoms with E-state index in [2.05, 4.69) is 5.32 Å². The molecule has 0 unspecified atom stereocenters. The van der Waals surface area contributed by atoms with Gasteiger partial charge in [-0.3, -0.25) is 13.9 Å². The summed E-state index contributed by atoms with van der Waals surface area (Å²) < 4.78 is 40.2. The zero-order valence-electron chi connectivity index (χ0n) is 26.2. The van der Waals surface area contributed by atoms with Crippen LogP contribution in [0.15, 0.2) is 108 Å². The predicted octanol–water partition coefficient (Wildman–Crippen LogP) is 5.72. The molecule has 0 bridgehead atoms. The summed E-state index contributed by atoms with van der Waals surface area (Å²) in [6.45, 7) is 3.08. The lowest BCUT2D eigenvalue weighted by Crippen LogP contribution is -2.54. The number of hydrogen-bond donors (Lipinski definition) is 1. The van der Waals surface area contributed by atoms with Crippen LogP contribution in [0.1, 0.15) is 25.0 Å². The molecule has 9 nitrogen and oxygen atoms in total. The molecular weight excluding hydrogens is 626 g/mol. The molecule has 46 heavy (non-hydrogen) atoms. The highest BCUT2D eigenvalue weighted by atomic mass is 35.5. The monoisotopic (exact) mass is 663 g/mol. The van der Waals surface area contributed by atoms with E-state index < -0.39 is 28.5 Å². The Hall–Kier alpha value is -4.54. The molecule has 11 heteroatoms. The molecule has 0 saturated heterocycles. The lowest BCUT2D eigenvalue weighted by Gasteiger charge is -2.34. The van der Waals surface area contributed by atoms with Crippen molar-refractivity contribution in [2.45, 2.75) is 43.8 Å². The summed E-state index contributed by atoms with van der Waals surface area (Å²) in [5, 5.41) is 3.41. The molecule has 4 aromatic rings. The molecule has 0 heterocycles. The lowest BCUT2D eigenvalue weighted by molar-refractivity contribution is -0.140. The van der Waals surface area contributed by atoms with Crippen molar-refractivity contribution in [3.05, 3.63) is 119 Å². The highest BCUT2D eigenvalue weighted by molar-refractivity contribution is 7.92. The Morgan fingerprint density at radius 3 is 2.04 bits per heavy atom. The maximum absolute atomic E-state index is 14.5. The van der Waals surface area contributed by atoms with Gasteiger partial charge in [-0.1, -0.05) is 72.3 Å². The number of anilines is 1. The molecule has 2 amide bonds. The summed E-state index contributed by atoms with van der Waals surface area (Å²) in [6, 6.07) is 27.7. The van der Waals surface area contributed by atoms with Crippen LogP contribution in [0.2, 0.25) is 5.02 Å². The quantitative estimate of drug-likeness (QED) is 0.185. The van der Waals surface area contributed by atoms with Crippen LogP contribution in [0.3, 0.4) is 0 Å². The molecule has 0 saturated carbocycles. The molecule has 0 fully saturated rings. The maximum Gasteiger partial charge on any atom is 0.264 e. The van der Waals surface area contributed by atoms with Crippen molar-refractivity contribution >= 4 is 39.1 Å². The van der Waals surface area contributed by atoms with Crippen LogP contribution in [-0.4, -0.2) is 58.0 Å².